The van der Waals surface area contributed by atoms with Crippen LogP contribution in [-0.4, -0.2) is 42.4 Å². The number of anilines is 1. The molecule has 0 spiro atoms. The number of hydrogen-bond donors (Lipinski definition) is 2. The van der Waals surface area contributed by atoms with Gasteiger partial charge in [0, 0.05) is 0 Å². The van der Waals surface area contributed by atoms with Crippen LogP contribution >= 0.6 is 0 Å². The van der Waals surface area contributed by atoms with Gasteiger partial charge in [-0.25, -0.2) is 0 Å². The van der Waals surface area contributed by atoms with Crippen LogP contribution in [0, 0.1) is 16.0 Å². The van der Waals surface area contributed by atoms with Gasteiger partial charge in [0.2, 0.25) is 0 Å². The monoisotopic (exact) mass is 282 g/mol. The van der Waals surface area contributed by atoms with E-state index in [1.165, 1.54) is 19.2 Å². The molecule has 8 heteroatoms. The molecule has 108 valence electrons. The molecule has 0 bridgehead atoms. The van der Waals surface area contributed by atoms with Crippen LogP contribution in [0.1, 0.15) is 0 Å². The number of methoxy groups -OCH3 is 1. The van der Waals surface area contributed by atoms with Gasteiger partial charge in [-0.2, -0.15) is 0 Å². The Balaban J connectivity index is 2.24. The molecule has 1 saturated heterocycles. The molecule has 0 radical (unpaired) electrons. The first-order valence-corrected chi connectivity index (χ1v) is 5.92. The molecule has 8 nitrogen and oxygen atoms in total. The minimum atomic E-state index is -0.990. The Hall–Kier alpha value is -2.35. The summed E-state index contributed by atoms with van der Waals surface area (Å²) in [5, 5.41) is 23.0. The molecule has 2 unspecified atom stereocenters. The van der Waals surface area contributed by atoms with E-state index < -0.39 is 22.9 Å². The van der Waals surface area contributed by atoms with Crippen LogP contribution in [0.15, 0.2) is 18.2 Å². The zero-order valence-corrected chi connectivity index (χ0v) is 10.7. The molecule has 2 N–H and O–H groups in total. The van der Waals surface area contributed by atoms with Crippen LogP contribution in [0.3, 0.4) is 0 Å². The lowest BCUT2D eigenvalue weighted by molar-refractivity contribution is -0.384. The molecule has 1 aromatic rings. The molecule has 1 fully saturated rings. The number of hydrogen-bond acceptors (Lipinski definition) is 6. The van der Waals surface area contributed by atoms with Crippen LogP contribution in [0.4, 0.5) is 11.4 Å². The number of aliphatic carboxylic acids is 1. The summed E-state index contributed by atoms with van der Waals surface area (Å²) >= 11 is 0. The first-order chi connectivity index (χ1) is 9.52. The van der Waals surface area contributed by atoms with Crippen molar-refractivity contribution in [2.45, 2.75) is 6.04 Å². The Morgan fingerprint density at radius 2 is 2.30 bits per heavy atom. The van der Waals surface area contributed by atoms with E-state index in [2.05, 4.69) is 5.32 Å². The highest BCUT2D eigenvalue weighted by Crippen LogP contribution is 2.31. The number of nitro benzene ring substituents is 1. The van der Waals surface area contributed by atoms with Crippen molar-refractivity contribution in [3.05, 3.63) is 28.3 Å². The molecule has 2 atom stereocenters. The lowest BCUT2D eigenvalue weighted by Crippen LogP contribution is -2.33. The standard InChI is InChI=1S/C12H14N2O6/c1-19-7-2-3-9(11(4-7)14(17)18)13-10-6-20-5-8(10)12(15)16/h2-4,8,10,13H,5-6H2,1H3,(H,15,16). The van der Waals surface area contributed by atoms with Gasteiger partial charge >= 0.3 is 5.97 Å². The fourth-order valence-corrected chi connectivity index (χ4v) is 2.05. The van der Waals surface area contributed by atoms with Crippen molar-refractivity contribution in [3.8, 4) is 5.75 Å². The predicted molar refractivity (Wildman–Crippen MR) is 69.0 cm³/mol. The summed E-state index contributed by atoms with van der Waals surface area (Å²) in [4.78, 5) is 21.5. The quantitative estimate of drug-likeness (QED) is 0.614. The lowest BCUT2D eigenvalue weighted by Gasteiger charge is -2.17. The maximum atomic E-state index is 11.0. The number of carboxylic acid groups (broad SMARTS) is 1. The number of nitrogens with one attached hydrogen (secondary N) is 1. The maximum Gasteiger partial charge on any atom is 0.311 e. The highest BCUT2D eigenvalue weighted by molar-refractivity contribution is 5.73. The molecule has 1 heterocycles. The molecule has 1 aliphatic heterocycles. The minimum Gasteiger partial charge on any atom is -0.496 e. The second-order valence-corrected chi connectivity index (χ2v) is 4.37. The van der Waals surface area contributed by atoms with Gasteiger partial charge in [-0.1, -0.05) is 0 Å². The van der Waals surface area contributed by atoms with E-state index in [4.69, 9.17) is 14.6 Å². The van der Waals surface area contributed by atoms with E-state index >= 15 is 0 Å². The van der Waals surface area contributed by atoms with Crippen LogP contribution < -0.4 is 10.1 Å². The van der Waals surface area contributed by atoms with Crippen LogP contribution in [0.5, 0.6) is 5.75 Å². The molecule has 1 aliphatic rings. The summed E-state index contributed by atoms with van der Waals surface area (Å²) in [6.07, 6.45) is 0. The normalized spacial score (nSPS) is 21.4. The summed E-state index contributed by atoms with van der Waals surface area (Å²) in [7, 11) is 1.41. The Labute approximate surface area is 114 Å². The zero-order valence-electron chi connectivity index (χ0n) is 10.7. The Bertz CT molecular complexity index is 533. The van der Waals surface area contributed by atoms with Gasteiger partial charge in [-0.3, -0.25) is 14.9 Å². The molecule has 0 aliphatic carbocycles. The Kier molecular flexibility index (Phi) is 4.04. The second-order valence-electron chi connectivity index (χ2n) is 4.37. The van der Waals surface area contributed by atoms with E-state index in [9.17, 15) is 14.9 Å². The van der Waals surface area contributed by atoms with E-state index in [0.717, 1.165) is 0 Å². The van der Waals surface area contributed by atoms with Gasteiger partial charge in [0.1, 0.15) is 17.4 Å². The van der Waals surface area contributed by atoms with Crippen molar-refractivity contribution in [2.24, 2.45) is 5.92 Å². The molecular weight excluding hydrogens is 268 g/mol. The number of benzene rings is 1. The third-order valence-electron chi connectivity index (χ3n) is 3.14. The van der Waals surface area contributed by atoms with Crippen molar-refractivity contribution in [1.82, 2.24) is 0 Å². The Morgan fingerprint density at radius 1 is 1.55 bits per heavy atom. The van der Waals surface area contributed by atoms with E-state index in [0.29, 0.717) is 5.75 Å². The maximum absolute atomic E-state index is 11.0. The summed E-state index contributed by atoms with van der Waals surface area (Å²) < 4.78 is 10.0. The highest BCUT2D eigenvalue weighted by Gasteiger charge is 2.35. The predicted octanol–water partition coefficient (Wildman–Crippen LogP) is 1.11. The smallest absolute Gasteiger partial charge is 0.311 e. The third kappa shape index (κ3) is 2.80. The Morgan fingerprint density at radius 3 is 2.90 bits per heavy atom. The number of nitrogens with zero attached hydrogens (tertiary/aromatic N) is 1. The summed E-state index contributed by atoms with van der Waals surface area (Å²) in [5.41, 5.74) is 0.0814. The average Bonchev–Trinajstić information content (AvgIpc) is 2.87. The molecule has 0 aromatic heterocycles. The van der Waals surface area contributed by atoms with Gasteiger partial charge < -0.3 is 19.9 Å². The topological polar surface area (TPSA) is 111 Å². The summed E-state index contributed by atoms with van der Waals surface area (Å²) in [5.74, 6) is -1.35. The van der Waals surface area contributed by atoms with Gasteiger partial charge in [0.15, 0.2) is 0 Å². The number of ether oxygens (including phenoxy) is 2. The van der Waals surface area contributed by atoms with E-state index in [-0.39, 0.29) is 24.6 Å². The van der Waals surface area contributed by atoms with Crippen LogP contribution in [-0.2, 0) is 9.53 Å². The van der Waals surface area contributed by atoms with Gasteiger partial charge in [0.25, 0.3) is 5.69 Å². The third-order valence-corrected chi connectivity index (χ3v) is 3.14. The largest absolute Gasteiger partial charge is 0.496 e. The number of nitro groups is 1. The molecule has 2 rings (SSSR count). The number of carbonyl (C=O) groups is 1. The molecule has 0 amide bonds. The average molecular weight is 282 g/mol. The van der Waals surface area contributed by atoms with Crippen molar-refractivity contribution in [3.63, 3.8) is 0 Å². The molecular formula is C12H14N2O6. The highest BCUT2D eigenvalue weighted by atomic mass is 16.6. The molecule has 20 heavy (non-hydrogen) atoms. The lowest BCUT2D eigenvalue weighted by atomic mass is 10.0. The summed E-state index contributed by atoms with van der Waals surface area (Å²) in [6.45, 7) is 0.289. The SMILES string of the molecule is COc1ccc(NC2COCC2C(=O)O)c([N+](=O)[O-])c1. The van der Waals surface area contributed by atoms with E-state index in [1.54, 1.807) is 6.07 Å². The first-order valence-electron chi connectivity index (χ1n) is 5.92. The number of carboxylic acids is 1. The van der Waals surface area contributed by atoms with Gasteiger partial charge in [-0.15, -0.1) is 0 Å². The second kappa shape index (κ2) is 5.74. The van der Waals surface area contributed by atoms with Gasteiger partial charge in [-0.05, 0) is 12.1 Å². The fourth-order valence-electron chi connectivity index (χ4n) is 2.05. The number of rotatable bonds is 5. The first kappa shape index (κ1) is 14.1. The van der Waals surface area contributed by atoms with Crippen molar-refractivity contribution < 1.29 is 24.3 Å². The molecule has 0 saturated carbocycles. The fraction of sp³-hybridized carbons (Fsp3) is 0.417. The van der Waals surface area contributed by atoms with Crippen molar-refractivity contribution in [2.75, 3.05) is 25.6 Å². The van der Waals surface area contributed by atoms with Gasteiger partial charge in [0.05, 0.1) is 37.4 Å². The van der Waals surface area contributed by atoms with E-state index in [1.807, 2.05) is 0 Å². The minimum absolute atomic E-state index is 0.0942. The van der Waals surface area contributed by atoms with Crippen LogP contribution in [0.2, 0.25) is 0 Å². The van der Waals surface area contributed by atoms with Crippen molar-refractivity contribution >= 4 is 17.3 Å². The van der Waals surface area contributed by atoms with Crippen molar-refractivity contribution in [1.29, 1.82) is 0 Å². The zero-order chi connectivity index (χ0) is 14.7. The molecule has 1 aromatic carbocycles. The summed E-state index contributed by atoms with van der Waals surface area (Å²) in [6, 6.07) is 3.85. The van der Waals surface area contributed by atoms with Crippen LogP contribution in [0.25, 0.3) is 0 Å².